The molecule has 2 N–H and O–H groups in total. The number of hydrogen-bond donors (Lipinski definition) is 2. The third kappa shape index (κ3) is 5.33. The van der Waals surface area contributed by atoms with Gasteiger partial charge in [0.25, 0.3) is 0 Å². The van der Waals surface area contributed by atoms with Crippen molar-refractivity contribution >= 4 is 17.2 Å². The Kier molecular flexibility index (Phi) is 5.15. The van der Waals surface area contributed by atoms with Crippen LogP contribution in [0.15, 0.2) is 42.5 Å². The molecule has 3 nitrogen and oxygen atoms in total. The largest absolute Gasteiger partial charge is 0.350 e. The molecular weight excluding hydrogens is 280 g/mol. The smallest absolute Gasteiger partial charge is 0.234 e. The monoisotopic (exact) mass is 302 g/mol. The quantitative estimate of drug-likeness (QED) is 0.888. The lowest BCUT2D eigenvalue weighted by molar-refractivity contribution is -0.121. The van der Waals surface area contributed by atoms with E-state index in [4.69, 9.17) is 0 Å². The molecule has 112 valence electrons. The summed E-state index contributed by atoms with van der Waals surface area (Å²) in [6.45, 7) is 7.01. The third-order valence-electron chi connectivity index (χ3n) is 2.82. The van der Waals surface area contributed by atoms with Crippen LogP contribution < -0.4 is 10.6 Å². The van der Waals surface area contributed by atoms with Crippen LogP contribution in [0.3, 0.4) is 0 Å². The molecule has 0 aliphatic heterocycles. The van der Waals surface area contributed by atoms with Gasteiger partial charge in [0.2, 0.25) is 5.91 Å². The molecule has 0 atom stereocenters. The maximum atomic E-state index is 11.7. The summed E-state index contributed by atoms with van der Waals surface area (Å²) in [5.41, 5.74) is 1.06. The zero-order chi connectivity index (χ0) is 15.3. The van der Waals surface area contributed by atoms with Gasteiger partial charge in [-0.15, -0.1) is 11.3 Å². The Morgan fingerprint density at radius 3 is 2.48 bits per heavy atom. The normalized spacial score (nSPS) is 11.4. The van der Waals surface area contributed by atoms with E-state index in [-0.39, 0.29) is 11.4 Å². The molecule has 0 saturated carbocycles. The maximum Gasteiger partial charge on any atom is 0.234 e. The average Bonchev–Trinajstić information content (AvgIpc) is 2.86. The second-order valence-corrected chi connectivity index (χ2v) is 7.20. The van der Waals surface area contributed by atoms with E-state index in [1.54, 1.807) is 11.3 Å². The molecule has 0 saturated heterocycles. The fraction of sp³-hybridized carbons (Fsp3) is 0.353. The highest BCUT2D eigenvalue weighted by Crippen LogP contribution is 2.27. The lowest BCUT2D eigenvalue weighted by atomic mass is 10.1. The highest BCUT2D eigenvalue weighted by molar-refractivity contribution is 7.15. The summed E-state index contributed by atoms with van der Waals surface area (Å²) in [7, 11) is 0. The minimum Gasteiger partial charge on any atom is -0.350 e. The van der Waals surface area contributed by atoms with Gasteiger partial charge in [-0.2, -0.15) is 0 Å². The standard InChI is InChI=1S/C17H22N2OS/c1-17(2,3)19-16(20)12-18-11-14-9-10-15(21-14)13-7-5-4-6-8-13/h4-10,18H,11-12H2,1-3H3,(H,19,20). The van der Waals surface area contributed by atoms with Crippen molar-refractivity contribution in [2.75, 3.05) is 6.54 Å². The van der Waals surface area contributed by atoms with Crippen LogP contribution in [-0.2, 0) is 11.3 Å². The van der Waals surface area contributed by atoms with Crippen molar-refractivity contribution in [3.05, 3.63) is 47.3 Å². The van der Waals surface area contributed by atoms with Crippen molar-refractivity contribution in [3.8, 4) is 10.4 Å². The number of thiophene rings is 1. The summed E-state index contributed by atoms with van der Waals surface area (Å²) in [4.78, 5) is 14.2. The van der Waals surface area contributed by atoms with E-state index >= 15 is 0 Å². The Bertz CT molecular complexity index is 584. The van der Waals surface area contributed by atoms with Crippen molar-refractivity contribution in [1.29, 1.82) is 0 Å². The van der Waals surface area contributed by atoms with E-state index < -0.39 is 0 Å². The molecule has 0 aliphatic carbocycles. The Hall–Kier alpha value is -1.65. The van der Waals surface area contributed by atoms with E-state index in [2.05, 4.69) is 34.9 Å². The molecule has 0 fully saturated rings. The molecule has 1 aromatic heterocycles. The van der Waals surface area contributed by atoms with Gasteiger partial charge in [-0.25, -0.2) is 0 Å². The lowest BCUT2D eigenvalue weighted by Gasteiger charge is -2.20. The van der Waals surface area contributed by atoms with Crippen LogP contribution in [0.5, 0.6) is 0 Å². The summed E-state index contributed by atoms with van der Waals surface area (Å²) in [5.74, 6) is 0.0299. The average molecular weight is 302 g/mol. The second-order valence-electron chi connectivity index (χ2n) is 6.03. The molecule has 0 bridgehead atoms. The van der Waals surface area contributed by atoms with Gasteiger partial charge in [0.1, 0.15) is 0 Å². The molecular formula is C17H22N2OS. The summed E-state index contributed by atoms with van der Waals surface area (Å²) in [6, 6.07) is 14.6. The minimum absolute atomic E-state index is 0.0299. The number of amides is 1. The molecule has 1 heterocycles. The predicted octanol–water partition coefficient (Wildman–Crippen LogP) is 3.42. The van der Waals surface area contributed by atoms with E-state index in [1.807, 2.05) is 39.0 Å². The summed E-state index contributed by atoms with van der Waals surface area (Å²) in [5, 5.41) is 6.13. The number of rotatable bonds is 5. The first-order valence-electron chi connectivity index (χ1n) is 7.10. The van der Waals surface area contributed by atoms with Crippen LogP contribution in [0.1, 0.15) is 25.6 Å². The first-order valence-corrected chi connectivity index (χ1v) is 7.91. The molecule has 0 spiro atoms. The van der Waals surface area contributed by atoms with E-state index in [1.165, 1.54) is 15.3 Å². The molecule has 2 rings (SSSR count). The van der Waals surface area contributed by atoms with Gasteiger partial charge in [0, 0.05) is 21.8 Å². The molecule has 0 unspecified atom stereocenters. The second kappa shape index (κ2) is 6.87. The fourth-order valence-corrected chi connectivity index (χ4v) is 2.97. The summed E-state index contributed by atoms with van der Waals surface area (Å²) >= 11 is 1.76. The molecule has 0 aliphatic rings. The van der Waals surface area contributed by atoms with Gasteiger partial charge < -0.3 is 10.6 Å². The van der Waals surface area contributed by atoms with E-state index in [9.17, 15) is 4.79 Å². The number of carbonyl (C=O) groups is 1. The highest BCUT2D eigenvalue weighted by atomic mass is 32.1. The molecule has 4 heteroatoms. The molecule has 21 heavy (non-hydrogen) atoms. The van der Waals surface area contributed by atoms with Gasteiger partial charge in [-0.1, -0.05) is 30.3 Å². The predicted molar refractivity (Wildman–Crippen MR) is 89.4 cm³/mol. The van der Waals surface area contributed by atoms with Crippen molar-refractivity contribution in [2.45, 2.75) is 32.9 Å². The first-order chi connectivity index (χ1) is 9.94. The molecule has 1 amide bonds. The van der Waals surface area contributed by atoms with Crippen molar-refractivity contribution < 1.29 is 4.79 Å². The zero-order valence-corrected chi connectivity index (χ0v) is 13.6. The van der Waals surface area contributed by atoms with Gasteiger partial charge in [0.05, 0.1) is 6.54 Å². The van der Waals surface area contributed by atoms with Crippen molar-refractivity contribution in [3.63, 3.8) is 0 Å². The van der Waals surface area contributed by atoms with Crippen LogP contribution in [-0.4, -0.2) is 18.0 Å². The molecule has 0 radical (unpaired) electrons. The lowest BCUT2D eigenvalue weighted by Crippen LogP contribution is -2.44. The number of nitrogens with one attached hydrogen (secondary N) is 2. The summed E-state index contributed by atoms with van der Waals surface area (Å²) < 4.78 is 0. The fourth-order valence-electron chi connectivity index (χ4n) is 1.99. The van der Waals surface area contributed by atoms with Crippen LogP contribution in [0.25, 0.3) is 10.4 Å². The number of carbonyl (C=O) groups excluding carboxylic acids is 1. The number of hydrogen-bond acceptors (Lipinski definition) is 3. The Morgan fingerprint density at radius 1 is 1.10 bits per heavy atom. The van der Waals surface area contributed by atoms with Crippen LogP contribution >= 0.6 is 11.3 Å². The Labute approximate surface area is 130 Å². The first kappa shape index (κ1) is 15.7. The third-order valence-corrected chi connectivity index (χ3v) is 3.95. The van der Waals surface area contributed by atoms with Crippen molar-refractivity contribution in [2.24, 2.45) is 0 Å². The Balaban J connectivity index is 1.83. The van der Waals surface area contributed by atoms with Crippen LogP contribution in [0.2, 0.25) is 0 Å². The van der Waals surface area contributed by atoms with Crippen LogP contribution in [0, 0.1) is 0 Å². The topological polar surface area (TPSA) is 41.1 Å². The van der Waals surface area contributed by atoms with Crippen molar-refractivity contribution in [1.82, 2.24) is 10.6 Å². The molecule has 2 aromatic rings. The number of benzene rings is 1. The Morgan fingerprint density at radius 2 is 1.81 bits per heavy atom. The van der Waals surface area contributed by atoms with E-state index in [0.29, 0.717) is 6.54 Å². The van der Waals surface area contributed by atoms with E-state index in [0.717, 1.165) is 6.54 Å². The van der Waals surface area contributed by atoms with Gasteiger partial charge in [0.15, 0.2) is 0 Å². The van der Waals surface area contributed by atoms with Gasteiger partial charge in [-0.05, 0) is 38.5 Å². The molecule has 1 aromatic carbocycles. The summed E-state index contributed by atoms with van der Waals surface area (Å²) in [6.07, 6.45) is 0. The van der Waals surface area contributed by atoms with Gasteiger partial charge in [-0.3, -0.25) is 4.79 Å². The zero-order valence-electron chi connectivity index (χ0n) is 12.8. The maximum absolute atomic E-state index is 11.7. The van der Waals surface area contributed by atoms with Crippen LogP contribution in [0.4, 0.5) is 0 Å². The minimum atomic E-state index is -0.178. The van der Waals surface area contributed by atoms with Gasteiger partial charge >= 0.3 is 0 Å². The highest BCUT2D eigenvalue weighted by Gasteiger charge is 2.13. The SMILES string of the molecule is CC(C)(C)NC(=O)CNCc1ccc(-c2ccccc2)s1.